The molecule has 0 fully saturated rings. The molecule has 0 aliphatic rings. The van der Waals surface area contributed by atoms with Crippen LogP contribution in [0.15, 0.2) is 103 Å². The van der Waals surface area contributed by atoms with Crippen LogP contribution in [0.3, 0.4) is 0 Å². The number of nitrogens with one attached hydrogen (secondary N) is 4. The zero-order valence-corrected chi connectivity index (χ0v) is 24.6. The van der Waals surface area contributed by atoms with E-state index in [9.17, 15) is 19.6 Å². The average molecular weight is 591 g/mol. The van der Waals surface area contributed by atoms with Crippen molar-refractivity contribution in [1.82, 2.24) is 21.1 Å². The van der Waals surface area contributed by atoms with Crippen LogP contribution in [-0.2, 0) is 33.6 Å². The Bertz CT molecular complexity index is 1710. The van der Waals surface area contributed by atoms with Gasteiger partial charge in [-0.05, 0) is 59.2 Å². The van der Waals surface area contributed by atoms with Crippen molar-refractivity contribution < 1.29 is 19.6 Å². The van der Waals surface area contributed by atoms with E-state index in [0.29, 0.717) is 25.8 Å². The highest BCUT2D eigenvalue weighted by molar-refractivity contribution is 5.92. The van der Waals surface area contributed by atoms with E-state index in [1.54, 1.807) is 5.48 Å². The summed E-state index contributed by atoms with van der Waals surface area (Å²) in [5, 5.41) is 18.5. The quantitative estimate of drug-likeness (QED) is 0.0896. The highest BCUT2D eigenvalue weighted by Crippen LogP contribution is 2.23. The Hall–Kier alpha value is -4.95. The van der Waals surface area contributed by atoms with Crippen LogP contribution in [0.25, 0.3) is 21.7 Å². The van der Waals surface area contributed by atoms with Gasteiger partial charge in [0.2, 0.25) is 17.7 Å². The number of hydroxylamine groups is 1. The Morgan fingerprint density at radius 1 is 0.750 bits per heavy atom. The van der Waals surface area contributed by atoms with Crippen molar-refractivity contribution in [2.45, 2.75) is 44.6 Å². The van der Waals surface area contributed by atoms with Crippen molar-refractivity contribution in [2.75, 3.05) is 6.54 Å². The van der Waals surface area contributed by atoms with Gasteiger partial charge in [-0.1, -0.05) is 91.0 Å². The summed E-state index contributed by atoms with van der Waals surface area (Å²) in [6.45, 7) is 0.421. The van der Waals surface area contributed by atoms with Crippen LogP contribution in [0.5, 0.6) is 0 Å². The first-order chi connectivity index (χ1) is 21.5. The Balaban J connectivity index is 1.29. The van der Waals surface area contributed by atoms with Gasteiger partial charge in [-0.2, -0.15) is 0 Å². The molecule has 0 saturated carbocycles. The lowest BCUT2D eigenvalue weighted by Gasteiger charge is -2.22. The molecule has 0 spiro atoms. The average Bonchev–Trinajstić information content (AvgIpc) is 3.47. The summed E-state index contributed by atoms with van der Waals surface area (Å²) in [5.74, 6) is -2.05. The molecule has 8 heteroatoms. The third-order valence-electron chi connectivity index (χ3n) is 8.09. The summed E-state index contributed by atoms with van der Waals surface area (Å²) in [4.78, 5) is 42.6. The summed E-state index contributed by atoms with van der Waals surface area (Å²) in [6.07, 6.45) is 4.41. The number of carbonyl (C=O) groups excluding carboxylic acids is 3. The van der Waals surface area contributed by atoms with Crippen molar-refractivity contribution in [3.05, 3.63) is 120 Å². The van der Waals surface area contributed by atoms with Crippen LogP contribution in [0.4, 0.5) is 0 Å². The molecule has 226 valence electrons. The van der Waals surface area contributed by atoms with E-state index >= 15 is 0 Å². The lowest BCUT2D eigenvalue weighted by Crippen LogP contribution is -2.50. The van der Waals surface area contributed by atoms with Crippen LogP contribution in [0.1, 0.15) is 36.0 Å². The van der Waals surface area contributed by atoms with Gasteiger partial charge in [0.15, 0.2) is 0 Å². The number of carbonyl (C=O) groups is 3. The minimum Gasteiger partial charge on any atom is -0.361 e. The Kier molecular flexibility index (Phi) is 10.4. The maximum Gasteiger partial charge on any atom is 0.244 e. The summed E-state index contributed by atoms with van der Waals surface area (Å²) >= 11 is 0. The molecular weight excluding hydrogens is 552 g/mol. The number of benzene rings is 4. The van der Waals surface area contributed by atoms with Gasteiger partial charge in [0, 0.05) is 42.4 Å². The number of amides is 3. The second-order valence-electron chi connectivity index (χ2n) is 11.1. The summed E-state index contributed by atoms with van der Waals surface area (Å²) in [5.41, 5.74) is 5.78. The van der Waals surface area contributed by atoms with Crippen LogP contribution < -0.4 is 16.1 Å². The van der Waals surface area contributed by atoms with E-state index in [1.165, 1.54) is 5.56 Å². The van der Waals surface area contributed by atoms with Gasteiger partial charge in [-0.15, -0.1) is 0 Å². The van der Waals surface area contributed by atoms with Crippen molar-refractivity contribution >= 4 is 39.4 Å². The molecule has 8 nitrogen and oxygen atoms in total. The standard InChI is InChI=1S/C36H38N4O4/c41-34(40-44)23-28(16-9-15-27-14-8-13-26-12-4-5-17-30(26)27)35(42)39-33(22-29-24-38-32-19-7-6-18-31(29)32)36(43)37-21-20-25-10-2-1-3-11-25/h1-8,10-14,17-19,24,28,33,38,44H,9,15-16,20-23H2,(H,37,43)(H,39,42)(H,40,41)/t28-,33+/m1/s1. The van der Waals surface area contributed by atoms with Gasteiger partial charge in [-0.3, -0.25) is 19.6 Å². The fourth-order valence-electron chi connectivity index (χ4n) is 5.76. The van der Waals surface area contributed by atoms with Gasteiger partial charge in [0.1, 0.15) is 6.04 Å². The molecule has 1 heterocycles. The van der Waals surface area contributed by atoms with Crippen molar-refractivity contribution in [1.29, 1.82) is 0 Å². The van der Waals surface area contributed by atoms with E-state index in [-0.39, 0.29) is 18.7 Å². The third-order valence-corrected chi connectivity index (χ3v) is 8.09. The lowest BCUT2D eigenvalue weighted by atomic mass is 9.93. The first kappa shape index (κ1) is 30.5. The second kappa shape index (κ2) is 15.0. The minimum atomic E-state index is -0.852. The highest BCUT2D eigenvalue weighted by Gasteiger charge is 2.28. The number of H-pyrrole nitrogens is 1. The van der Waals surface area contributed by atoms with Gasteiger partial charge in [0.05, 0.1) is 0 Å². The van der Waals surface area contributed by atoms with E-state index < -0.39 is 23.8 Å². The van der Waals surface area contributed by atoms with E-state index in [1.807, 2.05) is 79.0 Å². The number of aromatic nitrogens is 1. The largest absolute Gasteiger partial charge is 0.361 e. The third kappa shape index (κ3) is 7.90. The molecule has 2 atom stereocenters. The predicted molar refractivity (Wildman–Crippen MR) is 172 cm³/mol. The first-order valence-electron chi connectivity index (χ1n) is 15.1. The molecule has 5 aromatic rings. The molecule has 44 heavy (non-hydrogen) atoms. The molecule has 3 amide bonds. The molecule has 0 radical (unpaired) electrons. The smallest absolute Gasteiger partial charge is 0.244 e. The zero-order valence-electron chi connectivity index (χ0n) is 24.6. The summed E-state index contributed by atoms with van der Waals surface area (Å²) in [6, 6.07) is 31.2. The summed E-state index contributed by atoms with van der Waals surface area (Å²) in [7, 11) is 0. The molecule has 0 saturated heterocycles. The number of rotatable bonds is 14. The van der Waals surface area contributed by atoms with Gasteiger partial charge in [-0.25, -0.2) is 5.48 Å². The molecule has 4 aromatic carbocycles. The van der Waals surface area contributed by atoms with E-state index in [2.05, 4.69) is 39.9 Å². The Morgan fingerprint density at radius 2 is 1.48 bits per heavy atom. The molecule has 0 aliphatic carbocycles. The Morgan fingerprint density at radius 3 is 2.30 bits per heavy atom. The normalized spacial score (nSPS) is 12.5. The number of para-hydroxylation sites is 1. The molecule has 0 unspecified atom stereocenters. The molecule has 0 aliphatic heterocycles. The molecule has 5 N–H and O–H groups in total. The number of aromatic amines is 1. The number of hydrogen-bond donors (Lipinski definition) is 5. The van der Waals surface area contributed by atoms with Crippen LogP contribution >= 0.6 is 0 Å². The number of aryl methyl sites for hydroxylation is 1. The highest BCUT2D eigenvalue weighted by atomic mass is 16.5. The fourth-order valence-corrected chi connectivity index (χ4v) is 5.76. The topological polar surface area (TPSA) is 123 Å². The summed E-state index contributed by atoms with van der Waals surface area (Å²) < 4.78 is 0. The van der Waals surface area contributed by atoms with Gasteiger partial charge in [0.25, 0.3) is 0 Å². The SMILES string of the molecule is O=C(C[C@@H](CCCc1cccc2ccccc12)C(=O)N[C@@H](Cc1c[nH]c2ccccc12)C(=O)NCCc1ccccc1)NO. The predicted octanol–water partition coefficient (Wildman–Crippen LogP) is 5.24. The Labute approximate surface area is 256 Å². The van der Waals surface area contributed by atoms with Crippen LogP contribution in [0, 0.1) is 5.92 Å². The van der Waals surface area contributed by atoms with E-state index in [4.69, 9.17) is 0 Å². The van der Waals surface area contributed by atoms with E-state index in [0.717, 1.165) is 39.2 Å². The fraction of sp³-hybridized carbons (Fsp3) is 0.250. The van der Waals surface area contributed by atoms with Crippen molar-refractivity contribution in [2.24, 2.45) is 5.92 Å². The van der Waals surface area contributed by atoms with Crippen molar-refractivity contribution in [3.8, 4) is 0 Å². The van der Waals surface area contributed by atoms with Gasteiger partial charge >= 0.3 is 0 Å². The zero-order chi connectivity index (χ0) is 30.7. The molecule has 0 bridgehead atoms. The minimum absolute atomic E-state index is 0.187. The first-order valence-corrected chi connectivity index (χ1v) is 15.1. The monoisotopic (exact) mass is 590 g/mol. The van der Waals surface area contributed by atoms with Crippen LogP contribution in [0.2, 0.25) is 0 Å². The van der Waals surface area contributed by atoms with Crippen LogP contribution in [-0.4, -0.2) is 40.5 Å². The molecule has 1 aromatic heterocycles. The second-order valence-corrected chi connectivity index (χ2v) is 11.1. The maximum absolute atomic E-state index is 13.7. The maximum atomic E-state index is 13.7. The number of fused-ring (bicyclic) bond motifs is 2. The molecular formula is C36H38N4O4. The lowest BCUT2D eigenvalue weighted by molar-refractivity contribution is -0.136. The van der Waals surface area contributed by atoms with Crippen molar-refractivity contribution in [3.63, 3.8) is 0 Å². The number of hydrogen-bond acceptors (Lipinski definition) is 4. The molecule has 5 rings (SSSR count). The van der Waals surface area contributed by atoms with Gasteiger partial charge < -0.3 is 15.6 Å².